The minimum atomic E-state index is -0.230. The summed E-state index contributed by atoms with van der Waals surface area (Å²) in [7, 11) is 0. The maximum absolute atomic E-state index is 12.0. The number of nitrogens with one attached hydrogen (secondary N) is 2. The molecule has 2 amide bonds. The minimum Gasteiger partial charge on any atom is -0.470 e. The van der Waals surface area contributed by atoms with E-state index in [9.17, 15) is 9.59 Å². The number of carbonyl (C=O) groups is 2. The van der Waals surface area contributed by atoms with Crippen molar-refractivity contribution in [2.24, 2.45) is 5.92 Å². The molecule has 1 aromatic carbocycles. The van der Waals surface area contributed by atoms with Gasteiger partial charge in [-0.2, -0.15) is 0 Å². The standard InChI is InChI=1S/C16H22N2O3/c1-3-4-5-11(2)16(20)17-12-6-8-13(9-7-12)21-15-10-14(19)18-15/h6-9,11,15H,3-5,10H2,1-2H3,(H,17,20)(H,18,19)/t11-,15+/m1/s1. The molecule has 0 aromatic heterocycles. The second kappa shape index (κ2) is 7.11. The molecule has 0 radical (unpaired) electrons. The molecule has 1 aliphatic rings. The Hall–Kier alpha value is -2.04. The maximum Gasteiger partial charge on any atom is 0.228 e. The van der Waals surface area contributed by atoms with Gasteiger partial charge < -0.3 is 15.4 Å². The highest BCUT2D eigenvalue weighted by Gasteiger charge is 2.26. The lowest BCUT2D eigenvalue weighted by Gasteiger charge is -2.27. The van der Waals surface area contributed by atoms with Gasteiger partial charge in [0.15, 0.2) is 6.23 Å². The van der Waals surface area contributed by atoms with E-state index in [1.165, 1.54) is 0 Å². The minimum absolute atomic E-state index is 0.00458. The smallest absolute Gasteiger partial charge is 0.228 e. The van der Waals surface area contributed by atoms with E-state index in [4.69, 9.17) is 4.74 Å². The van der Waals surface area contributed by atoms with Gasteiger partial charge in [0.2, 0.25) is 11.8 Å². The molecule has 21 heavy (non-hydrogen) atoms. The summed E-state index contributed by atoms with van der Waals surface area (Å²) in [4.78, 5) is 22.8. The third-order valence-corrected chi connectivity index (χ3v) is 3.53. The second-order valence-corrected chi connectivity index (χ2v) is 5.44. The molecule has 1 heterocycles. The molecule has 1 aromatic rings. The van der Waals surface area contributed by atoms with E-state index in [1.54, 1.807) is 24.3 Å². The van der Waals surface area contributed by atoms with Crippen LogP contribution in [0.15, 0.2) is 24.3 Å². The summed E-state index contributed by atoms with van der Waals surface area (Å²) >= 11 is 0. The lowest BCUT2D eigenvalue weighted by molar-refractivity contribution is -0.134. The molecule has 2 rings (SSSR count). The Balaban J connectivity index is 1.81. The Labute approximate surface area is 125 Å². The highest BCUT2D eigenvalue weighted by Crippen LogP contribution is 2.20. The van der Waals surface area contributed by atoms with Gasteiger partial charge in [-0.05, 0) is 30.7 Å². The maximum atomic E-state index is 12.0. The van der Waals surface area contributed by atoms with Crippen LogP contribution in [0.2, 0.25) is 0 Å². The van der Waals surface area contributed by atoms with Crippen molar-refractivity contribution < 1.29 is 14.3 Å². The van der Waals surface area contributed by atoms with Crippen LogP contribution in [0, 0.1) is 5.92 Å². The largest absolute Gasteiger partial charge is 0.470 e. The van der Waals surface area contributed by atoms with E-state index < -0.39 is 0 Å². The molecule has 2 N–H and O–H groups in total. The van der Waals surface area contributed by atoms with Gasteiger partial charge in [-0.15, -0.1) is 0 Å². The lowest BCUT2D eigenvalue weighted by atomic mass is 10.0. The normalized spacial score (nSPS) is 18.4. The van der Waals surface area contributed by atoms with Gasteiger partial charge in [-0.3, -0.25) is 9.59 Å². The first kappa shape index (κ1) is 15.4. The molecule has 0 spiro atoms. The van der Waals surface area contributed by atoms with Crippen molar-refractivity contribution in [2.75, 3.05) is 5.32 Å². The summed E-state index contributed by atoms with van der Waals surface area (Å²) in [5.41, 5.74) is 0.758. The first-order valence-electron chi connectivity index (χ1n) is 7.45. The molecule has 0 saturated carbocycles. The summed E-state index contributed by atoms with van der Waals surface area (Å²) in [6.45, 7) is 4.07. The Bertz CT molecular complexity index is 491. The molecule has 1 aliphatic heterocycles. The number of anilines is 1. The van der Waals surface area contributed by atoms with Gasteiger partial charge in [0.1, 0.15) is 5.75 Å². The van der Waals surface area contributed by atoms with Crippen molar-refractivity contribution in [3.05, 3.63) is 24.3 Å². The zero-order valence-corrected chi connectivity index (χ0v) is 12.5. The van der Waals surface area contributed by atoms with Gasteiger partial charge in [-0.1, -0.05) is 26.7 Å². The number of carbonyl (C=O) groups excluding carboxylic acids is 2. The Morgan fingerprint density at radius 2 is 2.10 bits per heavy atom. The van der Waals surface area contributed by atoms with Crippen LogP contribution in [0.1, 0.15) is 39.5 Å². The highest BCUT2D eigenvalue weighted by molar-refractivity contribution is 5.92. The number of unbranched alkanes of at least 4 members (excludes halogenated alkanes) is 1. The summed E-state index contributed by atoms with van der Waals surface area (Å²) in [5.74, 6) is 0.747. The fourth-order valence-electron chi connectivity index (χ4n) is 2.09. The first-order chi connectivity index (χ1) is 10.1. The Morgan fingerprint density at radius 3 is 2.67 bits per heavy atom. The summed E-state index contributed by atoms with van der Waals surface area (Å²) in [6, 6.07) is 7.19. The number of amides is 2. The van der Waals surface area contributed by atoms with Gasteiger partial charge >= 0.3 is 0 Å². The molecule has 114 valence electrons. The van der Waals surface area contributed by atoms with E-state index in [0.29, 0.717) is 12.2 Å². The molecule has 0 unspecified atom stereocenters. The summed E-state index contributed by atoms with van der Waals surface area (Å²) in [6.07, 6.45) is 3.24. The predicted molar refractivity (Wildman–Crippen MR) is 80.9 cm³/mol. The molecule has 0 aliphatic carbocycles. The fraction of sp³-hybridized carbons (Fsp3) is 0.500. The van der Waals surface area contributed by atoms with E-state index in [-0.39, 0.29) is 24.0 Å². The van der Waals surface area contributed by atoms with Crippen LogP contribution in [0.25, 0.3) is 0 Å². The number of hydrogen-bond acceptors (Lipinski definition) is 3. The van der Waals surface area contributed by atoms with Crippen molar-refractivity contribution in [1.29, 1.82) is 0 Å². The average molecular weight is 290 g/mol. The quantitative estimate of drug-likeness (QED) is 0.759. The van der Waals surface area contributed by atoms with Crippen LogP contribution in [-0.4, -0.2) is 18.0 Å². The van der Waals surface area contributed by atoms with E-state index in [2.05, 4.69) is 17.6 Å². The number of β-lactam (4-membered cyclic amide) rings is 1. The molecular weight excluding hydrogens is 268 g/mol. The van der Waals surface area contributed by atoms with Crippen LogP contribution >= 0.6 is 0 Å². The van der Waals surface area contributed by atoms with Crippen molar-refractivity contribution in [2.45, 2.75) is 45.8 Å². The molecule has 5 heteroatoms. The number of ether oxygens (including phenoxy) is 1. The SMILES string of the molecule is CCCC[C@@H](C)C(=O)Nc1ccc(O[C@H]2CC(=O)N2)cc1. The van der Waals surface area contributed by atoms with Gasteiger partial charge in [0.25, 0.3) is 0 Å². The van der Waals surface area contributed by atoms with Gasteiger partial charge in [-0.25, -0.2) is 0 Å². The van der Waals surface area contributed by atoms with Crippen molar-refractivity contribution >= 4 is 17.5 Å². The monoisotopic (exact) mass is 290 g/mol. The van der Waals surface area contributed by atoms with Crippen LogP contribution in [0.5, 0.6) is 5.75 Å². The van der Waals surface area contributed by atoms with Gasteiger partial charge in [0, 0.05) is 11.6 Å². The number of benzene rings is 1. The molecule has 2 atom stereocenters. The summed E-state index contributed by atoms with van der Waals surface area (Å²) in [5, 5.41) is 5.54. The highest BCUT2D eigenvalue weighted by atomic mass is 16.5. The topological polar surface area (TPSA) is 67.4 Å². The second-order valence-electron chi connectivity index (χ2n) is 5.44. The van der Waals surface area contributed by atoms with Crippen LogP contribution in [0.3, 0.4) is 0 Å². The fourth-order valence-corrected chi connectivity index (χ4v) is 2.09. The van der Waals surface area contributed by atoms with Crippen molar-refractivity contribution in [3.63, 3.8) is 0 Å². The first-order valence-corrected chi connectivity index (χ1v) is 7.45. The zero-order valence-electron chi connectivity index (χ0n) is 12.5. The lowest BCUT2D eigenvalue weighted by Crippen LogP contribution is -2.51. The van der Waals surface area contributed by atoms with Crippen LogP contribution in [-0.2, 0) is 9.59 Å². The van der Waals surface area contributed by atoms with Crippen LogP contribution in [0.4, 0.5) is 5.69 Å². The Morgan fingerprint density at radius 1 is 1.43 bits per heavy atom. The predicted octanol–water partition coefficient (Wildman–Crippen LogP) is 2.68. The third-order valence-electron chi connectivity index (χ3n) is 3.53. The molecule has 1 fully saturated rings. The molecule has 1 saturated heterocycles. The number of rotatable bonds is 7. The third kappa shape index (κ3) is 4.48. The van der Waals surface area contributed by atoms with Gasteiger partial charge in [0.05, 0.1) is 6.42 Å². The van der Waals surface area contributed by atoms with E-state index in [1.807, 2.05) is 6.92 Å². The summed E-state index contributed by atoms with van der Waals surface area (Å²) < 4.78 is 5.54. The number of hydrogen-bond donors (Lipinski definition) is 2. The van der Waals surface area contributed by atoms with Crippen LogP contribution < -0.4 is 15.4 Å². The molecular formula is C16H22N2O3. The molecule has 5 nitrogen and oxygen atoms in total. The van der Waals surface area contributed by atoms with E-state index >= 15 is 0 Å². The van der Waals surface area contributed by atoms with E-state index in [0.717, 1.165) is 24.9 Å². The average Bonchev–Trinajstić information content (AvgIpc) is 2.45. The van der Waals surface area contributed by atoms with Crippen molar-refractivity contribution in [3.8, 4) is 5.75 Å². The Kier molecular flexibility index (Phi) is 5.20. The van der Waals surface area contributed by atoms with Crippen molar-refractivity contribution in [1.82, 2.24) is 5.32 Å². The molecule has 0 bridgehead atoms. The zero-order chi connectivity index (χ0) is 15.2.